The van der Waals surface area contributed by atoms with Gasteiger partial charge in [0.05, 0.1) is 17.5 Å². The van der Waals surface area contributed by atoms with Crippen molar-refractivity contribution in [1.82, 2.24) is 20.5 Å². The third kappa shape index (κ3) is 5.86. The average molecular weight is 628 g/mol. The molecule has 4 heterocycles. The van der Waals surface area contributed by atoms with Crippen molar-refractivity contribution < 1.29 is 28.4 Å². The average Bonchev–Trinajstić information content (AvgIpc) is 3.62. The second-order valence-corrected chi connectivity index (χ2v) is 11.5. The molecule has 2 aromatic heterocycles. The van der Waals surface area contributed by atoms with Gasteiger partial charge in [-0.1, -0.05) is 54.6 Å². The van der Waals surface area contributed by atoms with Crippen LogP contribution in [0.2, 0.25) is 0 Å². The summed E-state index contributed by atoms with van der Waals surface area (Å²) in [5.41, 5.74) is 3.98. The number of amides is 5. The lowest BCUT2D eigenvalue weighted by Gasteiger charge is -2.27. The summed E-state index contributed by atoms with van der Waals surface area (Å²) in [6, 6.07) is 24.1. The van der Waals surface area contributed by atoms with E-state index in [-0.39, 0.29) is 36.3 Å². The number of piperidine rings is 1. The standard InChI is InChI=1S/C36H29N5O6/c42-30-14-13-27(34(44)40-30)41-35(45)25-10-4-11-26(32(25)36(41)46)38-19-22-7-3-6-21(16-22)17-31(43)39-33(24-9-5-15-37-20-24)29-18-23-8-1-2-12-28(23)47-29/h1-12,15-16,18,20,27,33,38H,13-14,17,19H2,(H,39,43)(H,40,42,44). The van der Waals surface area contributed by atoms with Crippen LogP contribution >= 0.6 is 0 Å². The Labute approximate surface area is 269 Å². The van der Waals surface area contributed by atoms with Gasteiger partial charge in [0.1, 0.15) is 23.4 Å². The molecule has 5 amide bonds. The van der Waals surface area contributed by atoms with Crippen LogP contribution in [0, 0.1) is 0 Å². The van der Waals surface area contributed by atoms with E-state index in [1.54, 1.807) is 30.6 Å². The fourth-order valence-corrected chi connectivity index (χ4v) is 6.12. The van der Waals surface area contributed by atoms with Crippen molar-refractivity contribution in [2.24, 2.45) is 0 Å². The Morgan fingerprint density at radius 3 is 2.57 bits per heavy atom. The fourth-order valence-electron chi connectivity index (χ4n) is 6.12. The summed E-state index contributed by atoms with van der Waals surface area (Å²) in [4.78, 5) is 69.2. The predicted octanol–water partition coefficient (Wildman–Crippen LogP) is 4.29. The molecule has 2 atom stereocenters. The molecule has 2 unspecified atom stereocenters. The number of rotatable bonds is 9. The summed E-state index contributed by atoms with van der Waals surface area (Å²) in [5.74, 6) is -1.84. The number of nitrogens with zero attached hydrogens (tertiary/aromatic N) is 2. The quantitative estimate of drug-likeness (QED) is 0.205. The number of hydrogen-bond acceptors (Lipinski definition) is 8. The lowest BCUT2D eigenvalue weighted by Crippen LogP contribution is -2.54. The van der Waals surface area contributed by atoms with Gasteiger partial charge in [-0.2, -0.15) is 0 Å². The first-order valence-electron chi connectivity index (χ1n) is 15.2. The SMILES string of the molecule is O=C1CCC(N2C(=O)c3cccc(NCc4cccc(CC(=O)NC(c5cccnc5)c5cc6ccccc6o5)c4)c3C2=O)C(=O)N1. The van der Waals surface area contributed by atoms with Crippen LogP contribution in [0.25, 0.3) is 11.0 Å². The number of aromatic nitrogens is 1. The molecule has 2 aliphatic rings. The lowest BCUT2D eigenvalue weighted by molar-refractivity contribution is -0.136. The Balaban J connectivity index is 1.05. The topological polar surface area (TPSA) is 151 Å². The minimum absolute atomic E-state index is 0.0489. The minimum Gasteiger partial charge on any atom is -0.459 e. The van der Waals surface area contributed by atoms with E-state index in [1.165, 1.54) is 0 Å². The summed E-state index contributed by atoms with van der Waals surface area (Å²) in [5, 5.41) is 9.49. The normalized spacial score (nSPS) is 16.6. The van der Waals surface area contributed by atoms with Crippen LogP contribution in [0.4, 0.5) is 5.69 Å². The van der Waals surface area contributed by atoms with Gasteiger partial charge in [-0.05, 0) is 47.9 Å². The highest BCUT2D eigenvalue weighted by atomic mass is 16.3. The van der Waals surface area contributed by atoms with Crippen molar-refractivity contribution in [1.29, 1.82) is 0 Å². The highest BCUT2D eigenvalue weighted by Crippen LogP contribution is 2.33. The lowest BCUT2D eigenvalue weighted by atomic mass is 10.0. The van der Waals surface area contributed by atoms with Gasteiger partial charge in [-0.3, -0.25) is 39.2 Å². The molecule has 3 N–H and O–H groups in total. The third-order valence-electron chi connectivity index (χ3n) is 8.36. The summed E-state index contributed by atoms with van der Waals surface area (Å²) in [6.45, 7) is 0.309. The molecule has 234 valence electrons. The maximum absolute atomic E-state index is 13.4. The van der Waals surface area contributed by atoms with Crippen molar-refractivity contribution in [3.8, 4) is 0 Å². The van der Waals surface area contributed by atoms with E-state index in [9.17, 15) is 24.0 Å². The summed E-state index contributed by atoms with van der Waals surface area (Å²) in [7, 11) is 0. The molecule has 0 radical (unpaired) electrons. The number of furan rings is 1. The van der Waals surface area contributed by atoms with Gasteiger partial charge < -0.3 is 15.1 Å². The second-order valence-electron chi connectivity index (χ2n) is 11.5. The molecule has 0 saturated carbocycles. The number of para-hydroxylation sites is 1. The highest BCUT2D eigenvalue weighted by Gasteiger charge is 2.45. The molecule has 7 rings (SSSR count). The van der Waals surface area contributed by atoms with Crippen LogP contribution in [-0.4, -0.2) is 45.5 Å². The maximum atomic E-state index is 13.4. The Morgan fingerprint density at radius 1 is 0.936 bits per heavy atom. The Kier molecular flexibility index (Phi) is 7.78. The van der Waals surface area contributed by atoms with E-state index in [1.807, 2.05) is 66.7 Å². The van der Waals surface area contributed by atoms with Crippen LogP contribution in [-0.2, 0) is 27.3 Å². The van der Waals surface area contributed by atoms with Gasteiger partial charge in [0.2, 0.25) is 17.7 Å². The summed E-state index contributed by atoms with van der Waals surface area (Å²) < 4.78 is 6.09. The molecule has 47 heavy (non-hydrogen) atoms. The molecular formula is C36H29N5O6. The number of benzene rings is 3. The number of imide groups is 2. The van der Waals surface area contributed by atoms with Crippen LogP contribution in [0.5, 0.6) is 0 Å². The van der Waals surface area contributed by atoms with E-state index in [2.05, 4.69) is 20.9 Å². The van der Waals surface area contributed by atoms with Gasteiger partial charge in [-0.15, -0.1) is 0 Å². The molecule has 3 aromatic carbocycles. The predicted molar refractivity (Wildman–Crippen MR) is 171 cm³/mol. The minimum atomic E-state index is -1.04. The van der Waals surface area contributed by atoms with Gasteiger partial charge in [0.15, 0.2) is 0 Å². The molecule has 2 aliphatic heterocycles. The van der Waals surface area contributed by atoms with Crippen LogP contribution in [0.3, 0.4) is 0 Å². The first kappa shape index (κ1) is 29.6. The zero-order chi connectivity index (χ0) is 32.5. The molecule has 0 bridgehead atoms. The molecule has 1 fully saturated rings. The Morgan fingerprint density at radius 2 is 1.77 bits per heavy atom. The molecule has 11 nitrogen and oxygen atoms in total. The monoisotopic (exact) mass is 627 g/mol. The van der Waals surface area contributed by atoms with Gasteiger partial charge in [0.25, 0.3) is 11.8 Å². The van der Waals surface area contributed by atoms with Gasteiger partial charge in [0, 0.05) is 42.0 Å². The van der Waals surface area contributed by atoms with E-state index >= 15 is 0 Å². The summed E-state index contributed by atoms with van der Waals surface area (Å²) in [6.07, 6.45) is 3.62. The van der Waals surface area contributed by atoms with Crippen molar-refractivity contribution in [2.75, 3.05) is 5.32 Å². The van der Waals surface area contributed by atoms with Crippen molar-refractivity contribution in [3.63, 3.8) is 0 Å². The van der Waals surface area contributed by atoms with Crippen molar-refractivity contribution >= 4 is 46.2 Å². The number of fused-ring (bicyclic) bond motifs is 2. The first-order chi connectivity index (χ1) is 22.9. The second kappa shape index (κ2) is 12.4. The number of pyridine rings is 1. The Hall–Kier alpha value is -6.10. The zero-order valence-electron chi connectivity index (χ0n) is 25.1. The van der Waals surface area contributed by atoms with Crippen LogP contribution in [0.1, 0.15) is 62.1 Å². The van der Waals surface area contributed by atoms with Crippen LogP contribution in [0.15, 0.2) is 102 Å². The molecule has 5 aromatic rings. The molecule has 11 heteroatoms. The maximum Gasteiger partial charge on any atom is 0.264 e. The summed E-state index contributed by atoms with van der Waals surface area (Å²) >= 11 is 0. The van der Waals surface area contributed by atoms with E-state index in [4.69, 9.17) is 4.42 Å². The smallest absolute Gasteiger partial charge is 0.264 e. The fraction of sp³-hybridized carbons (Fsp3) is 0.167. The van der Waals surface area contributed by atoms with E-state index < -0.39 is 35.7 Å². The number of carbonyl (C=O) groups excluding carboxylic acids is 5. The zero-order valence-corrected chi connectivity index (χ0v) is 25.1. The van der Waals surface area contributed by atoms with Crippen LogP contribution < -0.4 is 16.0 Å². The number of hydrogen-bond donors (Lipinski definition) is 3. The first-order valence-corrected chi connectivity index (χ1v) is 15.2. The third-order valence-corrected chi connectivity index (χ3v) is 8.36. The molecule has 0 spiro atoms. The largest absolute Gasteiger partial charge is 0.459 e. The number of nitrogens with one attached hydrogen (secondary N) is 3. The van der Waals surface area contributed by atoms with E-state index in [0.717, 1.165) is 32.6 Å². The Bertz CT molecular complexity index is 2020. The number of anilines is 1. The molecular weight excluding hydrogens is 598 g/mol. The van der Waals surface area contributed by atoms with Crippen molar-refractivity contribution in [2.45, 2.75) is 37.9 Å². The van der Waals surface area contributed by atoms with Crippen molar-refractivity contribution in [3.05, 3.63) is 131 Å². The highest BCUT2D eigenvalue weighted by molar-refractivity contribution is 6.25. The molecule has 0 aliphatic carbocycles. The van der Waals surface area contributed by atoms with Gasteiger partial charge >= 0.3 is 0 Å². The van der Waals surface area contributed by atoms with E-state index in [0.29, 0.717) is 18.0 Å². The molecule has 1 saturated heterocycles. The van der Waals surface area contributed by atoms with Gasteiger partial charge in [-0.25, -0.2) is 0 Å². The number of carbonyl (C=O) groups is 5.